The number of aromatic nitrogens is 2. The van der Waals surface area contributed by atoms with E-state index >= 15 is 0 Å². The lowest BCUT2D eigenvalue weighted by molar-refractivity contribution is -0.120. The minimum Gasteiger partial charge on any atom is -0.355 e. The minimum atomic E-state index is -0.332. The molecular formula is C24H27N3O2S. The van der Waals surface area contributed by atoms with Crippen molar-refractivity contribution in [1.82, 2.24) is 14.9 Å². The Bertz CT molecular complexity index is 1180. The number of benzene rings is 2. The van der Waals surface area contributed by atoms with Crippen LogP contribution in [-0.4, -0.2) is 27.3 Å². The number of carbonyl (C=O) groups is 1. The number of fused-ring (bicyclic) bond motifs is 2. The topological polar surface area (TPSA) is 64.0 Å². The van der Waals surface area contributed by atoms with Crippen molar-refractivity contribution in [1.29, 1.82) is 0 Å². The van der Waals surface area contributed by atoms with Crippen molar-refractivity contribution in [3.05, 3.63) is 58.4 Å². The van der Waals surface area contributed by atoms with E-state index in [9.17, 15) is 9.59 Å². The van der Waals surface area contributed by atoms with Gasteiger partial charge in [-0.3, -0.25) is 14.2 Å². The Morgan fingerprint density at radius 3 is 2.73 bits per heavy atom. The lowest BCUT2D eigenvalue weighted by Crippen LogP contribution is -2.32. The van der Waals surface area contributed by atoms with Gasteiger partial charge in [-0.05, 0) is 61.9 Å². The van der Waals surface area contributed by atoms with Gasteiger partial charge in [-0.25, -0.2) is 4.98 Å². The van der Waals surface area contributed by atoms with Gasteiger partial charge >= 0.3 is 0 Å². The summed E-state index contributed by atoms with van der Waals surface area (Å²) in [4.78, 5) is 30.1. The summed E-state index contributed by atoms with van der Waals surface area (Å²) in [7, 11) is 1.71. The average Bonchev–Trinajstić information content (AvgIpc) is 2.77. The lowest BCUT2D eigenvalue weighted by Gasteiger charge is -2.16. The van der Waals surface area contributed by atoms with Gasteiger partial charge in [0.1, 0.15) is 0 Å². The Kier molecular flexibility index (Phi) is 6.23. The van der Waals surface area contributed by atoms with Crippen LogP contribution in [0.4, 0.5) is 0 Å². The third-order valence-corrected chi connectivity index (χ3v) is 6.83. The van der Waals surface area contributed by atoms with E-state index in [4.69, 9.17) is 4.98 Å². The van der Waals surface area contributed by atoms with Crippen molar-refractivity contribution in [2.75, 3.05) is 6.54 Å². The Hall–Kier alpha value is -2.60. The second-order valence-corrected chi connectivity index (χ2v) is 9.19. The molecule has 0 saturated heterocycles. The molecule has 0 bridgehead atoms. The zero-order valence-corrected chi connectivity index (χ0v) is 18.3. The third kappa shape index (κ3) is 4.43. The number of nitrogens with zero attached hydrogens (tertiary/aromatic N) is 2. The highest BCUT2D eigenvalue weighted by Crippen LogP contribution is 2.25. The third-order valence-electron chi connectivity index (χ3n) is 5.68. The van der Waals surface area contributed by atoms with E-state index in [0.29, 0.717) is 22.6 Å². The van der Waals surface area contributed by atoms with E-state index in [1.807, 2.05) is 43.3 Å². The molecule has 1 atom stereocenters. The molecule has 1 heterocycles. The molecular weight excluding hydrogens is 394 g/mol. The Morgan fingerprint density at radius 1 is 1.23 bits per heavy atom. The number of hydrogen-bond acceptors (Lipinski definition) is 4. The molecule has 4 rings (SSSR count). The van der Waals surface area contributed by atoms with Crippen LogP contribution in [0.5, 0.6) is 0 Å². The average molecular weight is 422 g/mol. The number of nitrogens with one attached hydrogen (secondary N) is 1. The van der Waals surface area contributed by atoms with Gasteiger partial charge in [0, 0.05) is 13.6 Å². The number of hydrogen-bond donors (Lipinski definition) is 1. The lowest BCUT2D eigenvalue weighted by atomic mass is 9.97. The van der Waals surface area contributed by atoms with Crippen LogP contribution in [-0.2, 0) is 11.8 Å². The molecule has 2 aromatic carbocycles. The van der Waals surface area contributed by atoms with Gasteiger partial charge in [-0.1, -0.05) is 47.7 Å². The summed E-state index contributed by atoms with van der Waals surface area (Å²) in [5.41, 5.74) is 2.02. The zero-order chi connectivity index (χ0) is 21.1. The maximum atomic E-state index is 12.9. The van der Waals surface area contributed by atoms with Crippen LogP contribution >= 0.6 is 11.8 Å². The summed E-state index contributed by atoms with van der Waals surface area (Å²) in [5, 5.41) is 5.91. The molecule has 0 aliphatic heterocycles. The number of amides is 1. The first-order valence-electron chi connectivity index (χ1n) is 10.5. The van der Waals surface area contributed by atoms with Gasteiger partial charge < -0.3 is 5.32 Å². The zero-order valence-electron chi connectivity index (χ0n) is 17.5. The first-order valence-corrected chi connectivity index (χ1v) is 11.4. The van der Waals surface area contributed by atoms with E-state index in [1.54, 1.807) is 11.6 Å². The number of thioether (sulfide) groups is 1. The maximum Gasteiger partial charge on any atom is 0.261 e. The van der Waals surface area contributed by atoms with E-state index in [2.05, 4.69) is 11.4 Å². The smallest absolute Gasteiger partial charge is 0.261 e. The highest BCUT2D eigenvalue weighted by Gasteiger charge is 2.18. The molecule has 30 heavy (non-hydrogen) atoms. The van der Waals surface area contributed by atoms with Crippen molar-refractivity contribution in [3.63, 3.8) is 0 Å². The van der Waals surface area contributed by atoms with Crippen molar-refractivity contribution in [2.45, 2.75) is 49.4 Å². The molecule has 0 fully saturated rings. The van der Waals surface area contributed by atoms with Gasteiger partial charge in [0.2, 0.25) is 5.91 Å². The molecule has 1 aliphatic carbocycles. The molecule has 3 aromatic rings. The number of carbonyl (C=O) groups excluding carboxylic acids is 1. The minimum absolute atomic E-state index is 0.0238. The predicted octanol–water partition coefficient (Wildman–Crippen LogP) is 4.57. The first-order chi connectivity index (χ1) is 14.5. The molecule has 1 aromatic heterocycles. The normalized spacial score (nSPS) is 15.2. The second kappa shape index (κ2) is 9.04. The van der Waals surface area contributed by atoms with E-state index in [1.165, 1.54) is 30.2 Å². The van der Waals surface area contributed by atoms with E-state index in [0.717, 1.165) is 30.0 Å². The van der Waals surface area contributed by atoms with Crippen LogP contribution in [0.3, 0.4) is 0 Å². The summed E-state index contributed by atoms with van der Waals surface area (Å²) in [5.74, 6) is -0.0238. The summed E-state index contributed by atoms with van der Waals surface area (Å²) < 4.78 is 1.54. The Balaban J connectivity index is 1.48. The molecule has 0 saturated carbocycles. The number of allylic oxidation sites excluding steroid dienone is 1. The number of rotatable bonds is 6. The first kappa shape index (κ1) is 20.7. The van der Waals surface area contributed by atoms with Crippen molar-refractivity contribution in [3.8, 4) is 0 Å². The molecule has 5 nitrogen and oxygen atoms in total. The summed E-state index contributed by atoms with van der Waals surface area (Å²) in [6.07, 6.45) is 8.07. The highest BCUT2D eigenvalue weighted by molar-refractivity contribution is 8.00. The predicted molar refractivity (Wildman–Crippen MR) is 124 cm³/mol. The second-order valence-electron chi connectivity index (χ2n) is 7.88. The summed E-state index contributed by atoms with van der Waals surface area (Å²) >= 11 is 1.32. The summed E-state index contributed by atoms with van der Waals surface area (Å²) in [6.45, 7) is 2.52. The molecule has 0 spiro atoms. The quantitative estimate of drug-likeness (QED) is 0.274. The monoisotopic (exact) mass is 421 g/mol. The fraction of sp³-hybridized carbons (Fsp3) is 0.375. The van der Waals surface area contributed by atoms with Crippen LogP contribution in [0.1, 0.15) is 39.0 Å². The summed E-state index contributed by atoms with van der Waals surface area (Å²) in [6, 6.07) is 11.8. The Labute approximate surface area is 180 Å². The standard InChI is InChI=1S/C24H27N3O2S/c1-16(22(28)25-13-12-17-8-4-3-5-9-17)30-24-26-21-15-19-11-7-6-10-18(19)14-20(21)23(29)27(24)2/h6-8,10-11,14-16H,3-5,9,12-13H2,1-2H3,(H,25,28)/t16-/m0/s1. The molecule has 0 radical (unpaired) electrons. The molecule has 1 amide bonds. The largest absolute Gasteiger partial charge is 0.355 e. The van der Waals surface area contributed by atoms with Crippen LogP contribution in [0.25, 0.3) is 21.7 Å². The highest BCUT2D eigenvalue weighted by atomic mass is 32.2. The van der Waals surface area contributed by atoms with Gasteiger partial charge in [0.05, 0.1) is 16.2 Å². The Morgan fingerprint density at radius 2 is 2.00 bits per heavy atom. The van der Waals surface area contributed by atoms with Gasteiger partial charge in [0.15, 0.2) is 5.16 Å². The van der Waals surface area contributed by atoms with Crippen molar-refractivity contribution in [2.24, 2.45) is 7.05 Å². The molecule has 0 unspecified atom stereocenters. The van der Waals surface area contributed by atoms with Crippen LogP contribution < -0.4 is 10.9 Å². The van der Waals surface area contributed by atoms with Crippen molar-refractivity contribution >= 4 is 39.3 Å². The maximum absolute atomic E-state index is 12.9. The van der Waals surface area contributed by atoms with Crippen molar-refractivity contribution < 1.29 is 4.79 Å². The molecule has 156 valence electrons. The van der Waals surface area contributed by atoms with Gasteiger partial charge in [-0.2, -0.15) is 0 Å². The van der Waals surface area contributed by atoms with Crippen LogP contribution in [0.2, 0.25) is 0 Å². The van der Waals surface area contributed by atoms with E-state index in [-0.39, 0.29) is 16.7 Å². The fourth-order valence-electron chi connectivity index (χ4n) is 3.88. The van der Waals surface area contributed by atoms with Gasteiger partial charge in [-0.15, -0.1) is 0 Å². The van der Waals surface area contributed by atoms with Crippen LogP contribution in [0.15, 0.2) is 58.0 Å². The van der Waals surface area contributed by atoms with E-state index < -0.39 is 0 Å². The fourth-order valence-corrected chi connectivity index (χ4v) is 4.78. The van der Waals surface area contributed by atoms with Gasteiger partial charge in [0.25, 0.3) is 5.56 Å². The SMILES string of the molecule is C[C@H](Sc1nc2cc3ccccc3cc2c(=O)n1C)C(=O)NCCC1=CCCCC1. The van der Waals surface area contributed by atoms with Crippen LogP contribution in [0, 0.1) is 0 Å². The molecule has 1 N–H and O–H groups in total. The molecule has 1 aliphatic rings. The molecule has 6 heteroatoms.